The van der Waals surface area contributed by atoms with Gasteiger partial charge < -0.3 is 4.74 Å². The van der Waals surface area contributed by atoms with Gasteiger partial charge in [0.15, 0.2) is 5.17 Å². The third-order valence-corrected chi connectivity index (χ3v) is 5.38. The van der Waals surface area contributed by atoms with Gasteiger partial charge in [-0.2, -0.15) is 0 Å². The Morgan fingerprint density at radius 2 is 1.96 bits per heavy atom. The number of benzene rings is 2. The van der Waals surface area contributed by atoms with Gasteiger partial charge in [0.2, 0.25) is 0 Å². The number of nitrogens with zero attached hydrogens (tertiary/aromatic N) is 2. The number of amides is 1. The second-order valence-electron chi connectivity index (χ2n) is 6.30. The van der Waals surface area contributed by atoms with E-state index >= 15 is 0 Å². The van der Waals surface area contributed by atoms with Crippen molar-refractivity contribution in [1.29, 1.82) is 0 Å². The molecule has 2 aromatic carbocycles. The number of thioether (sulfide) groups is 1. The van der Waals surface area contributed by atoms with Gasteiger partial charge in [-0.3, -0.25) is 14.7 Å². The Hall–Kier alpha value is -2.27. The topological polar surface area (TPSA) is 41.9 Å². The van der Waals surface area contributed by atoms with E-state index in [1.165, 1.54) is 16.7 Å². The van der Waals surface area contributed by atoms with Crippen LogP contribution in [0.5, 0.6) is 5.75 Å². The average Bonchev–Trinajstić information content (AvgIpc) is 3.11. The zero-order valence-corrected chi connectivity index (χ0v) is 16.3. The number of amidine groups is 1. The summed E-state index contributed by atoms with van der Waals surface area (Å²) in [5.41, 5.74) is 4.47. The smallest absolute Gasteiger partial charge is 0.259 e. The Bertz CT molecular complexity index is 815. The molecule has 1 aliphatic heterocycles. The van der Waals surface area contributed by atoms with Crippen molar-refractivity contribution in [1.82, 2.24) is 4.90 Å². The van der Waals surface area contributed by atoms with E-state index in [0.29, 0.717) is 25.3 Å². The van der Waals surface area contributed by atoms with Crippen LogP contribution in [0.25, 0.3) is 0 Å². The van der Waals surface area contributed by atoms with Gasteiger partial charge in [0.1, 0.15) is 5.75 Å². The van der Waals surface area contributed by atoms with Gasteiger partial charge in [0, 0.05) is 17.9 Å². The fourth-order valence-electron chi connectivity index (χ4n) is 2.85. The number of rotatable bonds is 5. The molecule has 0 aliphatic carbocycles. The van der Waals surface area contributed by atoms with E-state index in [1.54, 1.807) is 16.7 Å². The Labute approximate surface area is 159 Å². The Morgan fingerprint density at radius 1 is 1.19 bits per heavy atom. The van der Waals surface area contributed by atoms with E-state index < -0.39 is 0 Å². The molecule has 26 heavy (non-hydrogen) atoms. The van der Waals surface area contributed by atoms with Crippen LogP contribution in [0.2, 0.25) is 0 Å². The minimum atomic E-state index is -0.00207. The standard InChI is InChI=1S/C21H24N2O2S/c1-4-25-19-9-7-17(8-10-19)20(24)23-12-11-22-21(23)26-14-18-13-15(2)5-6-16(18)3/h5-10,13H,4,11-12,14H2,1-3H3. The minimum Gasteiger partial charge on any atom is -0.494 e. The molecule has 1 heterocycles. The fourth-order valence-corrected chi connectivity index (χ4v) is 3.96. The van der Waals surface area contributed by atoms with Gasteiger partial charge in [-0.15, -0.1) is 0 Å². The number of aliphatic imine (C=N–C) groups is 1. The number of carbonyl (C=O) groups excluding carboxylic acids is 1. The van der Waals surface area contributed by atoms with Crippen LogP contribution in [0.4, 0.5) is 0 Å². The summed E-state index contributed by atoms with van der Waals surface area (Å²) in [4.78, 5) is 19.2. The summed E-state index contributed by atoms with van der Waals surface area (Å²) in [6.45, 7) is 8.08. The highest BCUT2D eigenvalue weighted by molar-refractivity contribution is 8.13. The molecule has 0 radical (unpaired) electrons. The summed E-state index contributed by atoms with van der Waals surface area (Å²) in [6, 6.07) is 13.8. The molecule has 0 unspecified atom stereocenters. The molecular formula is C21H24N2O2S. The number of hydrogen-bond donors (Lipinski definition) is 0. The summed E-state index contributed by atoms with van der Waals surface area (Å²) in [7, 11) is 0. The lowest BCUT2D eigenvalue weighted by Gasteiger charge is -2.18. The first-order valence-corrected chi connectivity index (χ1v) is 9.85. The van der Waals surface area contributed by atoms with Crippen LogP contribution in [0.1, 0.15) is 34.0 Å². The lowest BCUT2D eigenvalue weighted by Crippen LogP contribution is -2.32. The highest BCUT2D eigenvalue weighted by Gasteiger charge is 2.25. The lowest BCUT2D eigenvalue weighted by atomic mass is 10.1. The van der Waals surface area contributed by atoms with Crippen LogP contribution in [0.15, 0.2) is 47.5 Å². The van der Waals surface area contributed by atoms with Gasteiger partial charge in [-0.05, 0) is 56.2 Å². The summed E-state index contributed by atoms with van der Waals surface area (Å²) in [5, 5.41) is 0.810. The molecule has 4 nitrogen and oxygen atoms in total. The van der Waals surface area contributed by atoms with Crippen LogP contribution < -0.4 is 4.74 Å². The first-order chi connectivity index (χ1) is 12.6. The maximum absolute atomic E-state index is 12.8. The number of aryl methyl sites for hydroxylation is 2. The number of ether oxygens (including phenoxy) is 1. The molecule has 0 N–H and O–H groups in total. The van der Waals surface area contributed by atoms with Crippen LogP contribution in [0, 0.1) is 13.8 Å². The van der Waals surface area contributed by atoms with Crippen molar-refractivity contribution in [3.8, 4) is 5.75 Å². The molecule has 0 atom stereocenters. The molecule has 1 aliphatic rings. The summed E-state index contributed by atoms with van der Waals surface area (Å²) in [6.07, 6.45) is 0. The minimum absolute atomic E-state index is 0.00207. The van der Waals surface area contributed by atoms with E-state index in [-0.39, 0.29) is 5.91 Å². The van der Waals surface area contributed by atoms with Crippen molar-refractivity contribution in [3.63, 3.8) is 0 Å². The molecular weight excluding hydrogens is 344 g/mol. The maximum atomic E-state index is 12.8. The number of carbonyl (C=O) groups is 1. The van der Waals surface area contributed by atoms with E-state index in [0.717, 1.165) is 16.7 Å². The molecule has 0 fully saturated rings. The molecule has 0 saturated carbocycles. The molecule has 1 amide bonds. The largest absolute Gasteiger partial charge is 0.494 e. The SMILES string of the molecule is CCOc1ccc(C(=O)N2CCN=C2SCc2cc(C)ccc2C)cc1. The third-order valence-electron chi connectivity index (χ3n) is 4.32. The molecule has 0 bridgehead atoms. The van der Waals surface area contributed by atoms with Gasteiger partial charge in [0.05, 0.1) is 13.2 Å². The van der Waals surface area contributed by atoms with Gasteiger partial charge in [-0.25, -0.2) is 0 Å². The summed E-state index contributed by atoms with van der Waals surface area (Å²) in [5.74, 6) is 1.60. The van der Waals surface area contributed by atoms with E-state index in [9.17, 15) is 4.79 Å². The quantitative estimate of drug-likeness (QED) is 0.783. The first kappa shape index (κ1) is 18.5. The molecule has 136 valence electrons. The zero-order valence-electron chi connectivity index (χ0n) is 15.5. The molecule has 5 heteroatoms. The van der Waals surface area contributed by atoms with Crippen LogP contribution >= 0.6 is 11.8 Å². The van der Waals surface area contributed by atoms with E-state index in [4.69, 9.17) is 4.74 Å². The highest BCUT2D eigenvalue weighted by Crippen LogP contribution is 2.24. The molecule has 3 rings (SSSR count). The first-order valence-electron chi connectivity index (χ1n) is 8.86. The van der Waals surface area contributed by atoms with Crippen LogP contribution in [-0.4, -0.2) is 35.7 Å². The Balaban J connectivity index is 1.67. The highest BCUT2D eigenvalue weighted by atomic mass is 32.2. The maximum Gasteiger partial charge on any atom is 0.259 e. The van der Waals surface area contributed by atoms with Crippen molar-refractivity contribution in [2.24, 2.45) is 4.99 Å². The van der Waals surface area contributed by atoms with Crippen LogP contribution in [0.3, 0.4) is 0 Å². The summed E-state index contributed by atoms with van der Waals surface area (Å²) >= 11 is 1.63. The molecule has 0 aromatic heterocycles. The second kappa shape index (κ2) is 8.41. The second-order valence-corrected chi connectivity index (χ2v) is 7.24. The van der Waals surface area contributed by atoms with Crippen molar-refractivity contribution < 1.29 is 9.53 Å². The van der Waals surface area contributed by atoms with Crippen molar-refractivity contribution in [2.75, 3.05) is 19.7 Å². The van der Waals surface area contributed by atoms with Crippen molar-refractivity contribution >= 4 is 22.8 Å². The van der Waals surface area contributed by atoms with E-state index in [2.05, 4.69) is 37.0 Å². The van der Waals surface area contributed by atoms with Gasteiger partial charge in [0.25, 0.3) is 5.91 Å². The van der Waals surface area contributed by atoms with Crippen molar-refractivity contribution in [2.45, 2.75) is 26.5 Å². The van der Waals surface area contributed by atoms with Gasteiger partial charge >= 0.3 is 0 Å². The van der Waals surface area contributed by atoms with Crippen LogP contribution in [-0.2, 0) is 5.75 Å². The van der Waals surface area contributed by atoms with E-state index in [1.807, 2.05) is 31.2 Å². The molecule has 0 saturated heterocycles. The Kier molecular flexibility index (Phi) is 5.99. The molecule has 2 aromatic rings. The predicted octanol–water partition coefficient (Wildman–Crippen LogP) is 4.45. The number of hydrogen-bond acceptors (Lipinski definition) is 4. The normalized spacial score (nSPS) is 13.7. The third kappa shape index (κ3) is 4.28. The Morgan fingerprint density at radius 3 is 2.69 bits per heavy atom. The van der Waals surface area contributed by atoms with Crippen molar-refractivity contribution in [3.05, 3.63) is 64.7 Å². The summed E-state index contributed by atoms with van der Waals surface area (Å²) < 4.78 is 5.44. The lowest BCUT2D eigenvalue weighted by molar-refractivity contribution is 0.0860. The van der Waals surface area contributed by atoms with Gasteiger partial charge in [-0.1, -0.05) is 35.5 Å². The molecule has 0 spiro atoms. The fraction of sp³-hybridized carbons (Fsp3) is 0.333. The monoisotopic (exact) mass is 368 g/mol. The average molecular weight is 369 g/mol. The predicted molar refractivity (Wildman–Crippen MR) is 108 cm³/mol. The zero-order chi connectivity index (χ0) is 18.5.